The highest BCUT2D eigenvalue weighted by Crippen LogP contribution is 2.22. The van der Waals surface area contributed by atoms with Crippen LogP contribution in [0.25, 0.3) is 0 Å². The Balaban J connectivity index is 3.19. The lowest BCUT2D eigenvalue weighted by atomic mass is 10.2. The van der Waals surface area contributed by atoms with Gasteiger partial charge < -0.3 is 5.11 Å². The summed E-state index contributed by atoms with van der Waals surface area (Å²) in [6.07, 6.45) is 0. The number of sulfonamides is 1. The molecule has 0 aliphatic rings. The molecule has 8 nitrogen and oxygen atoms in total. The Morgan fingerprint density at radius 3 is 2.60 bits per heavy atom. The third-order valence-electron chi connectivity index (χ3n) is 2.47. The molecular weight excluding hydrogens is 308 g/mol. The van der Waals surface area contributed by atoms with E-state index in [0.29, 0.717) is 5.56 Å². The zero-order chi connectivity index (χ0) is 15.5. The average Bonchev–Trinajstić information content (AvgIpc) is 2.35. The molecule has 0 aliphatic heterocycles. The quantitative estimate of drug-likeness (QED) is 0.399. The van der Waals surface area contributed by atoms with Crippen molar-refractivity contribution in [2.45, 2.75) is 17.9 Å². The van der Waals surface area contributed by atoms with Crippen molar-refractivity contribution in [2.75, 3.05) is 5.75 Å². The van der Waals surface area contributed by atoms with Gasteiger partial charge in [-0.05, 0) is 13.0 Å². The molecule has 2 N–H and O–H groups in total. The van der Waals surface area contributed by atoms with Gasteiger partial charge in [0.05, 0.1) is 9.82 Å². The van der Waals surface area contributed by atoms with Crippen molar-refractivity contribution in [3.05, 3.63) is 33.9 Å². The molecule has 110 valence electrons. The van der Waals surface area contributed by atoms with Crippen molar-refractivity contribution < 1.29 is 23.2 Å². The molecule has 0 unspecified atom stereocenters. The standard InChI is InChI=1S/C10H12N2O6S2/c1-6-2-3-7(4-9(6)12(15)16)20(17,18)11-8(5-19)10(13)14/h2-4,8,11,19H,5H2,1H3,(H,13,14)/t8-/m0/s1. The highest BCUT2D eigenvalue weighted by Gasteiger charge is 2.26. The van der Waals surface area contributed by atoms with E-state index < -0.39 is 27.0 Å². The maximum Gasteiger partial charge on any atom is 0.322 e. The molecule has 20 heavy (non-hydrogen) atoms. The second kappa shape index (κ2) is 6.20. The van der Waals surface area contributed by atoms with Crippen LogP contribution in [0.1, 0.15) is 5.56 Å². The summed E-state index contributed by atoms with van der Waals surface area (Å²) >= 11 is 3.73. The second-order valence-electron chi connectivity index (χ2n) is 3.90. The normalized spacial score (nSPS) is 12.9. The molecule has 1 aromatic rings. The van der Waals surface area contributed by atoms with Crippen LogP contribution < -0.4 is 4.72 Å². The summed E-state index contributed by atoms with van der Waals surface area (Å²) in [4.78, 5) is 20.5. The van der Waals surface area contributed by atoms with Gasteiger partial charge in [-0.25, -0.2) is 8.42 Å². The fourth-order valence-electron chi connectivity index (χ4n) is 1.37. The largest absolute Gasteiger partial charge is 0.480 e. The Hall–Kier alpha value is -1.65. The first kappa shape index (κ1) is 16.4. The molecule has 0 aromatic heterocycles. The van der Waals surface area contributed by atoms with Crippen molar-refractivity contribution in [2.24, 2.45) is 0 Å². The summed E-state index contributed by atoms with van der Waals surface area (Å²) in [7, 11) is -4.17. The van der Waals surface area contributed by atoms with Crippen LogP contribution in [0.2, 0.25) is 0 Å². The summed E-state index contributed by atoms with van der Waals surface area (Å²) in [6.45, 7) is 1.47. The molecule has 1 atom stereocenters. The fourth-order valence-corrected chi connectivity index (χ4v) is 2.95. The molecule has 0 heterocycles. The van der Waals surface area contributed by atoms with Crippen molar-refractivity contribution in [1.82, 2.24) is 4.72 Å². The first-order chi connectivity index (χ1) is 9.19. The fraction of sp³-hybridized carbons (Fsp3) is 0.300. The predicted octanol–water partition coefficient (Wildman–Crippen LogP) is 0.565. The molecule has 10 heteroatoms. The maximum absolute atomic E-state index is 12.0. The van der Waals surface area contributed by atoms with E-state index in [1.54, 1.807) is 0 Å². The summed E-state index contributed by atoms with van der Waals surface area (Å²) in [6, 6.07) is 1.92. The Morgan fingerprint density at radius 1 is 1.55 bits per heavy atom. The third-order valence-corrected chi connectivity index (χ3v) is 4.30. The number of aryl methyl sites for hydroxylation is 1. The van der Waals surface area contributed by atoms with Gasteiger partial charge in [0, 0.05) is 17.4 Å². The number of nitrogens with one attached hydrogen (secondary N) is 1. The van der Waals surface area contributed by atoms with E-state index in [1.165, 1.54) is 19.1 Å². The van der Waals surface area contributed by atoms with E-state index in [0.717, 1.165) is 6.07 Å². The number of aliphatic carboxylic acids is 1. The molecule has 0 spiro atoms. The Labute approximate surface area is 120 Å². The molecule has 1 aromatic carbocycles. The van der Waals surface area contributed by atoms with Gasteiger partial charge in [-0.1, -0.05) is 6.07 Å². The monoisotopic (exact) mass is 320 g/mol. The van der Waals surface area contributed by atoms with Crippen LogP contribution in [0.15, 0.2) is 23.1 Å². The molecule has 0 aliphatic carbocycles. The first-order valence-electron chi connectivity index (χ1n) is 5.30. The van der Waals surface area contributed by atoms with Gasteiger partial charge in [0.25, 0.3) is 5.69 Å². The molecular formula is C10H12N2O6S2. The number of hydrogen-bond donors (Lipinski definition) is 3. The number of rotatable bonds is 6. The maximum atomic E-state index is 12.0. The molecule has 0 radical (unpaired) electrons. The van der Waals surface area contributed by atoms with E-state index >= 15 is 0 Å². The average molecular weight is 320 g/mol. The minimum atomic E-state index is -4.17. The number of nitro benzene ring substituents is 1. The number of nitrogens with zero attached hydrogens (tertiary/aromatic N) is 1. The Morgan fingerprint density at radius 2 is 2.15 bits per heavy atom. The topological polar surface area (TPSA) is 127 Å². The Bertz CT molecular complexity index is 643. The minimum absolute atomic E-state index is 0.248. The van der Waals surface area contributed by atoms with Gasteiger partial charge in [0.15, 0.2) is 0 Å². The number of nitro groups is 1. The van der Waals surface area contributed by atoms with Crippen LogP contribution in [0.5, 0.6) is 0 Å². The van der Waals surface area contributed by atoms with E-state index in [-0.39, 0.29) is 16.3 Å². The van der Waals surface area contributed by atoms with Crippen molar-refractivity contribution in [1.29, 1.82) is 0 Å². The van der Waals surface area contributed by atoms with Crippen LogP contribution in [-0.4, -0.2) is 36.2 Å². The molecule has 1 rings (SSSR count). The van der Waals surface area contributed by atoms with Crippen molar-refractivity contribution in [3.8, 4) is 0 Å². The zero-order valence-corrected chi connectivity index (χ0v) is 12.0. The molecule has 0 bridgehead atoms. The highest BCUT2D eigenvalue weighted by molar-refractivity contribution is 7.89. The van der Waals surface area contributed by atoms with Gasteiger partial charge >= 0.3 is 5.97 Å². The van der Waals surface area contributed by atoms with Gasteiger partial charge in [0.1, 0.15) is 6.04 Å². The van der Waals surface area contributed by atoms with Gasteiger partial charge in [0.2, 0.25) is 10.0 Å². The van der Waals surface area contributed by atoms with E-state index in [1.807, 2.05) is 4.72 Å². The summed E-state index contributed by atoms with van der Waals surface area (Å²) in [5, 5.41) is 19.6. The SMILES string of the molecule is Cc1ccc(S(=O)(=O)N[C@@H](CS)C(=O)O)cc1[N+](=O)[O-]. The molecule has 0 saturated heterocycles. The van der Waals surface area contributed by atoms with E-state index in [2.05, 4.69) is 12.6 Å². The number of hydrogen-bond acceptors (Lipinski definition) is 6. The second-order valence-corrected chi connectivity index (χ2v) is 5.98. The third kappa shape index (κ3) is 3.68. The van der Waals surface area contributed by atoms with Gasteiger partial charge in [-0.3, -0.25) is 14.9 Å². The minimum Gasteiger partial charge on any atom is -0.480 e. The number of carboxylic acid groups (broad SMARTS) is 1. The summed E-state index contributed by atoms with van der Waals surface area (Å²) in [5.74, 6) is -1.63. The van der Waals surface area contributed by atoms with Crippen LogP contribution >= 0.6 is 12.6 Å². The zero-order valence-electron chi connectivity index (χ0n) is 10.3. The first-order valence-corrected chi connectivity index (χ1v) is 7.41. The smallest absolute Gasteiger partial charge is 0.322 e. The highest BCUT2D eigenvalue weighted by atomic mass is 32.2. The molecule has 0 amide bonds. The van der Waals surface area contributed by atoms with Crippen LogP contribution in [0, 0.1) is 17.0 Å². The van der Waals surface area contributed by atoms with Crippen LogP contribution in [0.3, 0.4) is 0 Å². The van der Waals surface area contributed by atoms with Crippen molar-refractivity contribution in [3.63, 3.8) is 0 Å². The molecule has 0 saturated carbocycles. The summed E-state index contributed by atoms with van der Waals surface area (Å²) in [5.41, 5.74) is -0.0523. The van der Waals surface area contributed by atoms with E-state index in [4.69, 9.17) is 5.11 Å². The van der Waals surface area contributed by atoms with Crippen molar-refractivity contribution >= 4 is 34.3 Å². The van der Waals surface area contributed by atoms with Gasteiger partial charge in [-0.15, -0.1) is 0 Å². The number of thiol groups is 1. The Kier molecular flexibility index (Phi) is 5.09. The lowest BCUT2D eigenvalue weighted by Crippen LogP contribution is -2.42. The predicted molar refractivity (Wildman–Crippen MR) is 73.4 cm³/mol. The lowest BCUT2D eigenvalue weighted by Gasteiger charge is -2.12. The summed E-state index contributed by atoms with van der Waals surface area (Å²) < 4.78 is 25.8. The van der Waals surface area contributed by atoms with E-state index in [9.17, 15) is 23.3 Å². The lowest BCUT2D eigenvalue weighted by molar-refractivity contribution is -0.385. The molecule has 0 fully saturated rings. The number of benzene rings is 1. The number of carbonyl (C=O) groups is 1. The number of carboxylic acids is 1. The van der Waals surface area contributed by atoms with Crippen LogP contribution in [-0.2, 0) is 14.8 Å². The van der Waals surface area contributed by atoms with Gasteiger partial charge in [-0.2, -0.15) is 17.4 Å². The van der Waals surface area contributed by atoms with Crippen LogP contribution in [0.4, 0.5) is 5.69 Å².